The summed E-state index contributed by atoms with van der Waals surface area (Å²) in [5, 5.41) is 3.73. The van der Waals surface area contributed by atoms with Crippen LogP contribution in [0.5, 0.6) is 0 Å². The Morgan fingerprint density at radius 3 is 2.53 bits per heavy atom. The minimum absolute atomic E-state index is 0.561. The summed E-state index contributed by atoms with van der Waals surface area (Å²) in [6.45, 7) is 0. The van der Waals surface area contributed by atoms with E-state index in [1.807, 2.05) is 18.2 Å². The molecular formula is C11H6Br3ClN2. The third-order valence-electron chi connectivity index (χ3n) is 1.99. The van der Waals surface area contributed by atoms with Gasteiger partial charge in [0.1, 0.15) is 5.82 Å². The maximum Gasteiger partial charge on any atom is 0.149 e. The van der Waals surface area contributed by atoms with E-state index in [-0.39, 0.29) is 0 Å². The molecule has 0 aliphatic heterocycles. The molecule has 1 N–H and O–H groups in total. The number of nitrogens with zero attached hydrogens (tertiary/aromatic N) is 1. The normalized spacial score (nSPS) is 10.4. The molecule has 1 heterocycles. The lowest BCUT2D eigenvalue weighted by Crippen LogP contribution is -1.95. The van der Waals surface area contributed by atoms with Gasteiger partial charge in [0.05, 0.1) is 10.7 Å². The summed E-state index contributed by atoms with van der Waals surface area (Å²) in [5.41, 5.74) is 0.899. The van der Waals surface area contributed by atoms with Crippen molar-refractivity contribution in [1.29, 1.82) is 0 Å². The lowest BCUT2D eigenvalue weighted by atomic mass is 10.3. The second kappa shape index (κ2) is 5.69. The number of benzene rings is 1. The van der Waals surface area contributed by atoms with E-state index in [4.69, 9.17) is 11.6 Å². The summed E-state index contributed by atoms with van der Waals surface area (Å²) in [4.78, 5) is 4.22. The van der Waals surface area contributed by atoms with Gasteiger partial charge in [-0.15, -0.1) is 0 Å². The Bertz CT molecular complexity index is 560. The van der Waals surface area contributed by atoms with Crippen molar-refractivity contribution in [3.63, 3.8) is 0 Å². The van der Waals surface area contributed by atoms with E-state index < -0.39 is 0 Å². The van der Waals surface area contributed by atoms with Crippen LogP contribution in [0.1, 0.15) is 0 Å². The minimum atomic E-state index is 0.561. The molecule has 17 heavy (non-hydrogen) atoms. The van der Waals surface area contributed by atoms with Crippen LogP contribution in [-0.2, 0) is 0 Å². The molecule has 88 valence electrons. The molecule has 0 saturated heterocycles. The summed E-state index contributed by atoms with van der Waals surface area (Å²) < 4.78 is 2.78. The predicted octanol–water partition coefficient (Wildman–Crippen LogP) is 5.77. The van der Waals surface area contributed by atoms with Gasteiger partial charge in [0, 0.05) is 19.6 Å². The van der Waals surface area contributed by atoms with Gasteiger partial charge >= 0.3 is 0 Å². The highest BCUT2D eigenvalue weighted by molar-refractivity contribution is 9.11. The molecule has 0 bridgehead atoms. The maximum atomic E-state index is 6.09. The molecule has 2 rings (SSSR count). The molecule has 0 atom stereocenters. The van der Waals surface area contributed by atoms with Crippen LogP contribution in [-0.4, -0.2) is 4.98 Å². The van der Waals surface area contributed by atoms with Crippen LogP contribution in [0.25, 0.3) is 0 Å². The first-order valence-electron chi connectivity index (χ1n) is 4.59. The lowest BCUT2D eigenvalue weighted by molar-refractivity contribution is 1.29. The lowest BCUT2D eigenvalue weighted by Gasteiger charge is -2.09. The molecule has 0 radical (unpaired) electrons. The van der Waals surface area contributed by atoms with Crippen molar-refractivity contribution >= 4 is 70.9 Å². The zero-order valence-corrected chi connectivity index (χ0v) is 13.9. The molecule has 2 aromatic rings. The van der Waals surface area contributed by atoms with Crippen molar-refractivity contribution in [3.8, 4) is 0 Å². The van der Waals surface area contributed by atoms with Gasteiger partial charge < -0.3 is 5.32 Å². The summed E-state index contributed by atoms with van der Waals surface area (Å²) in [5.74, 6) is 0.619. The summed E-state index contributed by atoms with van der Waals surface area (Å²) >= 11 is 16.3. The zero-order chi connectivity index (χ0) is 12.4. The first kappa shape index (κ1) is 13.3. The number of nitrogens with one attached hydrogen (secondary N) is 1. The largest absolute Gasteiger partial charge is 0.338 e. The van der Waals surface area contributed by atoms with Crippen LogP contribution in [0.15, 0.2) is 43.9 Å². The Labute approximate surface area is 129 Å². The Hall–Kier alpha value is -0.100. The van der Waals surface area contributed by atoms with E-state index in [9.17, 15) is 0 Å². The fraction of sp³-hybridized carbons (Fsp3) is 0. The van der Waals surface area contributed by atoms with Gasteiger partial charge in [0.25, 0.3) is 0 Å². The van der Waals surface area contributed by atoms with Gasteiger partial charge in [-0.1, -0.05) is 27.5 Å². The Morgan fingerprint density at radius 2 is 1.82 bits per heavy atom. The van der Waals surface area contributed by atoms with E-state index >= 15 is 0 Å². The van der Waals surface area contributed by atoms with E-state index in [2.05, 4.69) is 58.1 Å². The third kappa shape index (κ3) is 3.44. The van der Waals surface area contributed by atoms with Gasteiger partial charge in [0.15, 0.2) is 0 Å². The highest BCUT2D eigenvalue weighted by atomic mass is 79.9. The summed E-state index contributed by atoms with van der Waals surface area (Å²) in [6.07, 6.45) is 1.69. The summed E-state index contributed by atoms with van der Waals surface area (Å²) in [7, 11) is 0. The number of rotatable bonds is 2. The van der Waals surface area contributed by atoms with Crippen molar-refractivity contribution in [2.75, 3.05) is 5.32 Å². The first-order chi connectivity index (χ1) is 8.06. The van der Waals surface area contributed by atoms with Crippen molar-refractivity contribution in [1.82, 2.24) is 4.98 Å². The van der Waals surface area contributed by atoms with Gasteiger partial charge in [-0.25, -0.2) is 4.98 Å². The third-order valence-corrected chi connectivity index (χ3v) is 3.90. The van der Waals surface area contributed by atoms with E-state index in [0.29, 0.717) is 10.8 Å². The topological polar surface area (TPSA) is 24.9 Å². The average Bonchev–Trinajstić information content (AvgIpc) is 2.27. The van der Waals surface area contributed by atoms with Gasteiger partial charge in [-0.3, -0.25) is 0 Å². The molecule has 6 heteroatoms. The molecule has 1 aromatic carbocycles. The molecule has 0 aliphatic rings. The van der Waals surface area contributed by atoms with Crippen molar-refractivity contribution < 1.29 is 0 Å². The fourth-order valence-electron chi connectivity index (χ4n) is 1.23. The highest BCUT2D eigenvalue weighted by Gasteiger charge is 2.06. The zero-order valence-electron chi connectivity index (χ0n) is 8.35. The van der Waals surface area contributed by atoms with Crippen LogP contribution in [0.3, 0.4) is 0 Å². The Balaban J connectivity index is 2.34. The monoisotopic (exact) mass is 438 g/mol. The number of anilines is 2. The Kier molecular flexibility index (Phi) is 4.47. The van der Waals surface area contributed by atoms with Crippen LogP contribution in [0, 0.1) is 0 Å². The second-order valence-corrected chi connectivity index (χ2v) is 6.33. The van der Waals surface area contributed by atoms with Crippen molar-refractivity contribution in [2.24, 2.45) is 0 Å². The molecular weight excluding hydrogens is 435 g/mol. The van der Waals surface area contributed by atoms with E-state index in [0.717, 1.165) is 19.1 Å². The van der Waals surface area contributed by atoms with Gasteiger partial charge in [0.2, 0.25) is 0 Å². The quantitative estimate of drug-likeness (QED) is 0.641. The molecule has 0 unspecified atom stereocenters. The molecule has 0 saturated carbocycles. The summed E-state index contributed by atoms with van der Waals surface area (Å²) in [6, 6.07) is 7.64. The van der Waals surface area contributed by atoms with Crippen molar-refractivity contribution in [2.45, 2.75) is 0 Å². The fourth-order valence-corrected chi connectivity index (χ4v) is 2.61. The molecule has 1 aromatic heterocycles. The molecule has 0 fully saturated rings. The SMILES string of the molecule is Clc1cc(Br)cnc1Nc1cc(Br)ccc1Br. The standard InChI is InChI=1S/C11H6Br3ClN2/c12-6-1-2-8(14)10(4-6)17-11-9(15)3-7(13)5-16-11/h1-5H,(H,16,17). The minimum Gasteiger partial charge on any atom is -0.338 e. The Morgan fingerprint density at radius 1 is 1.06 bits per heavy atom. The smallest absolute Gasteiger partial charge is 0.149 e. The van der Waals surface area contributed by atoms with E-state index in [1.54, 1.807) is 12.3 Å². The van der Waals surface area contributed by atoms with Crippen LogP contribution in [0.2, 0.25) is 5.02 Å². The number of aromatic nitrogens is 1. The number of hydrogen-bond acceptors (Lipinski definition) is 2. The van der Waals surface area contributed by atoms with Crippen LogP contribution in [0.4, 0.5) is 11.5 Å². The number of pyridine rings is 1. The van der Waals surface area contributed by atoms with Crippen LogP contribution < -0.4 is 5.32 Å². The maximum absolute atomic E-state index is 6.09. The molecule has 2 nitrogen and oxygen atoms in total. The predicted molar refractivity (Wildman–Crippen MR) is 82.1 cm³/mol. The molecule has 0 spiro atoms. The first-order valence-corrected chi connectivity index (χ1v) is 7.35. The van der Waals surface area contributed by atoms with Crippen LogP contribution >= 0.6 is 59.4 Å². The highest BCUT2D eigenvalue weighted by Crippen LogP contribution is 2.31. The average molecular weight is 441 g/mol. The van der Waals surface area contributed by atoms with Crippen molar-refractivity contribution in [3.05, 3.63) is 48.9 Å². The number of hydrogen-bond donors (Lipinski definition) is 1. The number of halogens is 4. The second-order valence-electron chi connectivity index (χ2n) is 3.23. The molecule has 0 amide bonds. The van der Waals surface area contributed by atoms with E-state index in [1.165, 1.54) is 0 Å². The molecule has 0 aliphatic carbocycles. The van der Waals surface area contributed by atoms with Gasteiger partial charge in [-0.2, -0.15) is 0 Å². The van der Waals surface area contributed by atoms with Gasteiger partial charge in [-0.05, 0) is 56.1 Å².